The third-order valence-electron chi connectivity index (χ3n) is 4.40. The minimum atomic E-state index is -0.0198. The summed E-state index contributed by atoms with van der Waals surface area (Å²) in [6.07, 6.45) is 1.74. The van der Waals surface area contributed by atoms with Gasteiger partial charge in [-0.15, -0.1) is 0 Å². The number of rotatable bonds is 6. The van der Waals surface area contributed by atoms with Crippen LogP contribution in [0.5, 0.6) is 0 Å². The molecule has 0 bridgehead atoms. The van der Waals surface area contributed by atoms with Crippen molar-refractivity contribution in [2.75, 3.05) is 25.5 Å². The number of carbonyl (C=O) groups is 1. The predicted octanol–water partition coefficient (Wildman–Crippen LogP) is 3.58. The number of aromatic nitrogens is 3. The Hall–Kier alpha value is -3.28. The third kappa shape index (κ3) is 4.52. The Morgan fingerprint density at radius 1 is 1.04 bits per heavy atom. The van der Waals surface area contributed by atoms with Crippen LogP contribution < -0.4 is 4.90 Å². The molecule has 0 unspecified atom stereocenters. The van der Waals surface area contributed by atoms with Gasteiger partial charge in [0.25, 0.3) is 5.91 Å². The van der Waals surface area contributed by atoms with Gasteiger partial charge in [-0.05, 0) is 44.2 Å². The number of nitrogens with zero attached hydrogens (tertiary/aromatic N) is 5. The topological polar surface area (TPSA) is 62.2 Å². The molecule has 2 aromatic heterocycles. The van der Waals surface area contributed by atoms with Crippen LogP contribution in [-0.2, 0) is 6.54 Å². The minimum absolute atomic E-state index is 0.0198. The largest absolute Gasteiger partial charge is 0.347 e. The lowest BCUT2D eigenvalue weighted by molar-refractivity contribution is 0.0750. The maximum absolute atomic E-state index is 13.1. The molecule has 0 N–H and O–H groups in total. The lowest BCUT2D eigenvalue weighted by Gasteiger charge is -2.21. The van der Waals surface area contributed by atoms with Crippen LogP contribution in [-0.4, -0.2) is 46.4 Å². The van der Waals surface area contributed by atoms with Gasteiger partial charge in [-0.2, -0.15) is 0 Å². The van der Waals surface area contributed by atoms with Gasteiger partial charge in [0.15, 0.2) is 0 Å². The van der Waals surface area contributed by atoms with E-state index in [9.17, 15) is 4.79 Å². The minimum Gasteiger partial charge on any atom is -0.347 e. The van der Waals surface area contributed by atoms with Crippen molar-refractivity contribution in [2.24, 2.45) is 0 Å². The number of carbonyl (C=O) groups excluding carboxylic acids is 1. The molecule has 0 radical (unpaired) electrons. The van der Waals surface area contributed by atoms with E-state index in [2.05, 4.69) is 15.0 Å². The van der Waals surface area contributed by atoms with E-state index in [4.69, 9.17) is 0 Å². The Morgan fingerprint density at radius 2 is 1.86 bits per heavy atom. The van der Waals surface area contributed by atoms with E-state index in [0.29, 0.717) is 24.6 Å². The first kappa shape index (κ1) is 19.5. The van der Waals surface area contributed by atoms with E-state index < -0.39 is 0 Å². The number of hydrogen-bond acceptors (Lipinski definition) is 5. The molecule has 0 saturated carbocycles. The summed E-state index contributed by atoms with van der Waals surface area (Å²) in [5.41, 5.74) is 4.09. The zero-order chi connectivity index (χ0) is 20.1. The van der Waals surface area contributed by atoms with Crippen molar-refractivity contribution in [3.05, 3.63) is 71.7 Å². The molecule has 0 atom stereocenters. The van der Waals surface area contributed by atoms with Crippen LogP contribution in [0.3, 0.4) is 0 Å². The second-order valence-electron chi connectivity index (χ2n) is 6.81. The van der Waals surface area contributed by atoms with Crippen molar-refractivity contribution in [3.8, 4) is 11.3 Å². The van der Waals surface area contributed by atoms with Crippen molar-refractivity contribution in [1.82, 2.24) is 19.9 Å². The normalized spacial score (nSPS) is 10.6. The van der Waals surface area contributed by atoms with Gasteiger partial charge in [-0.3, -0.25) is 9.78 Å². The molecule has 144 valence electrons. The molecule has 0 fully saturated rings. The smallest absolute Gasteiger partial charge is 0.254 e. The van der Waals surface area contributed by atoms with E-state index in [1.807, 2.05) is 81.4 Å². The molecule has 1 amide bonds. The molecular formula is C22H25N5O. The van der Waals surface area contributed by atoms with Crippen LogP contribution in [0, 0.1) is 6.92 Å². The maximum atomic E-state index is 13.1. The molecule has 0 saturated heterocycles. The lowest BCUT2D eigenvalue weighted by Crippen LogP contribution is -2.30. The van der Waals surface area contributed by atoms with Gasteiger partial charge in [-0.1, -0.05) is 18.2 Å². The van der Waals surface area contributed by atoms with Crippen molar-refractivity contribution < 1.29 is 4.79 Å². The highest BCUT2D eigenvalue weighted by Crippen LogP contribution is 2.22. The highest BCUT2D eigenvalue weighted by atomic mass is 16.2. The summed E-state index contributed by atoms with van der Waals surface area (Å²) in [4.78, 5) is 30.1. The van der Waals surface area contributed by atoms with E-state index >= 15 is 0 Å². The maximum Gasteiger partial charge on any atom is 0.254 e. The number of aryl methyl sites for hydroxylation is 1. The molecule has 3 rings (SSSR count). The molecule has 0 aliphatic rings. The first-order chi connectivity index (χ1) is 13.5. The van der Waals surface area contributed by atoms with Gasteiger partial charge in [0.05, 0.1) is 17.9 Å². The van der Waals surface area contributed by atoms with Crippen molar-refractivity contribution in [2.45, 2.75) is 20.4 Å². The second kappa shape index (κ2) is 8.61. The molecule has 0 aliphatic heterocycles. The summed E-state index contributed by atoms with van der Waals surface area (Å²) in [5, 5.41) is 0. The molecule has 6 nitrogen and oxygen atoms in total. The van der Waals surface area contributed by atoms with E-state index in [-0.39, 0.29) is 5.91 Å². The molecule has 2 heterocycles. The fraction of sp³-hybridized carbons (Fsp3) is 0.273. The zero-order valence-corrected chi connectivity index (χ0v) is 16.8. The summed E-state index contributed by atoms with van der Waals surface area (Å²) in [5.74, 6) is 0.630. The molecule has 6 heteroatoms. The van der Waals surface area contributed by atoms with Gasteiger partial charge in [0.1, 0.15) is 0 Å². The number of pyridine rings is 1. The zero-order valence-electron chi connectivity index (χ0n) is 16.8. The first-order valence-corrected chi connectivity index (χ1v) is 9.30. The Morgan fingerprint density at radius 3 is 2.54 bits per heavy atom. The van der Waals surface area contributed by atoms with Crippen LogP contribution in [0.25, 0.3) is 11.3 Å². The Bertz CT molecular complexity index is 956. The predicted molar refractivity (Wildman–Crippen MR) is 111 cm³/mol. The standard InChI is InChI=1S/C22H25N5O/c1-5-27(15-19-11-6-7-12-23-19)21(28)18-10-8-9-17(14-18)20-13-16(2)24-22(25-20)26(3)4/h6-14H,5,15H2,1-4H3. The second-order valence-corrected chi connectivity index (χ2v) is 6.81. The highest BCUT2D eigenvalue weighted by Gasteiger charge is 2.16. The van der Waals surface area contributed by atoms with Gasteiger partial charge >= 0.3 is 0 Å². The molecular weight excluding hydrogens is 350 g/mol. The molecule has 0 aliphatic carbocycles. The van der Waals surface area contributed by atoms with Crippen LogP contribution in [0.15, 0.2) is 54.7 Å². The average molecular weight is 375 g/mol. The van der Waals surface area contributed by atoms with Crippen LogP contribution in [0.2, 0.25) is 0 Å². The van der Waals surface area contributed by atoms with Gasteiger partial charge < -0.3 is 9.80 Å². The molecule has 3 aromatic rings. The van der Waals surface area contributed by atoms with Gasteiger partial charge in [0.2, 0.25) is 5.95 Å². The van der Waals surface area contributed by atoms with Gasteiger partial charge in [-0.25, -0.2) is 9.97 Å². The number of amides is 1. The molecule has 1 aromatic carbocycles. The quantitative estimate of drug-likeness (QED) is 0.659. The van der Waals surface area contributed by atoms with E-state index in [1.165, 1.54) is 0 Å². The summed E-state index contributed by atoms with van der Waals surface area (Å²) in [7, 11) is 3.82. The molecule has 28 heavy (non-hydrogen) atoms. The van der Waals surface area contributed by atoms with Crippen molar-refractivity contribution in [3.63, 3.8) is 0 Å². The van der Waals surface area contributed by atoms with Crippen LogP contribution in [0.4, 0.5) is 5.95 Å². The number of benzene rings is 1. The summed E-state index contributed by atoms with van der Waals surface area (Å²) in [6, 6.07) is 15.3. The summed E-state index contributed by atoms with van der Waals surface area (Å²) >= 11 is 0. The number of hydrogen-bond donors (Lipinski definition) is 0. The Labute approximate surface area is 165 Å². The van der Waals surface area contributed by atoms with E-state index in [1.54, 1.807) is 11.1 Å². The van der Waals surface area contributed by atoms with Crippen molar-refractivity contribution in [1.29, 1.82) is 0 Å². The Balaban J connectivity index is 1.89. The fourth-order valence-electron chi connectivity index (χ4n) is 2.91. The third-order valence-corrected chi connectivity index (χ3v) is 4.40. The van der Waals surface area contributed by atoms with Crippen LogP contribution >= 0.6 is 0 Å². The monoisotopic (exact) mass is 375 g/mol. The first-order valence-electron chi connectivity index (χ1n) is 9.30. The van der Waals surface area contributed by atoms with Crippen molar-refractivity contribution >= 4 is 11.9 Å². The SMILES string of the molecule is CCN(Cc1ccccn1)C(=O)c1cccc(-c2cc(C)nc(N(C)C)n2)c1. The van der Waals surface area contributed by atoms with Gasteiger partial charge in [0, 0.05) is 43.7 Å². The molecule has 0 spiro atoms. The summed E-state index contributed by atoms with van der Waals surface area (Å²) < 4.78 is 0. The van der Waals surface area contributed by atoms with Crippen LogP contribution in [0.1, 0.15) is 28.7 Å². The highest BCUT2D eigenvalue weighted by molar-refractivity contribution is 5.95. The van der Waals surface area contributed by atoms with E-state index in [0.717, 1.165) is 22.6 Å². The Kier molecular flexibility index (Phi) is 5.99. The fourth-order valence-corrected chi connectivity index (χ4v) is 2.91. The number of anilines is 1. The average Bonchev–Trinajstić information content (AvgIpc) is 2.72. The summed E-state index contributed by atoms with van der Waals surface area (Å²) in [6.45, 7) is 5.01. The lowest BCUT2D eigenvalue weighted by atomic mass is 10.1.